The van der Waals surface area contributed by atoms with Crippen LogP contribution in [-0.4, -0.2) is 46.8 Å². The van der Waals surface area contributed by atoms with Gasteiger partial charge in [-0.2, -0.15) is 0 Å². The van der Waals surface area contributed by atoms with Crippen LogP contribution in [-0.2, 0) is 4.79 Å². The van der Waals surface area contributed by atoms with Gasteiger partial charge in [0.25, 0.3) is 0 Å². The molecule has 0 aromatic rings. The predicted octanol–water partition coefficient (Wildman–Crippen LogP) is 0.330. The van der Waals surface area contributed by atoms with Gasteiger partial charge >= 0.3 is 5.97 Å². The lowest BCUT2D eigenvalue weighted by Gasteiger charge is -2.14. The quantitative estimate of drug-likeness (QED) is 0.643. The highest BCUT2D eigenvalue weighted by molar-refractivity contribution is 5.80. The van der Waals surface area contributed by atoms with Crippen LogP contribution in [0.3, 0.4) is 0 Å². The van der Waals surface area contributed by atoms with Crippen LogP contribution < -0.4 is 0 Å². The van der Waals surface area contributed by atoms with Gasteiger partial charge in [-0.1, -0.05) is 12.5 Å². The first kappa shape index (κ1) is 11.2. The smallest absolute Gasteiger partial charge is 0.328 e. The molecule has 1 aliphatic heterocycles. The molecule has 2 atom stereocenters. The molecule has 0 aliphatic carbocycles. The van der Waals surface area contributed by atoms with Crippen molar-refractivity contribution in [2.75, 3.05) is 19.6 Å². The minimum Gasteiger partial charge on any atom is -0.478 e. The van der Waals surface area contributed by atoms with E-state index in [1.165, 1.54) is 6.08 Å². The summed E-state index contributed by atoms with van der Waals surface area (Å²) in [4.78, 5) is 12.4. The lowest BCUT2D eigenvalue weighted by Crippen LogP contribution is -2.24. The second kappa shape index (κ2) is 4.57. The first-order valence-electron chi connectivity index (χ1n) is 4.79. The van der Waals surface area contributed by atoms with Gasteiger partial charge in [0.2, 0.25) is 0 Å². The zero-order valence-electron chi connectivity index (χ0n) is 8.60. The van der Waals surface area contributed by atoms with E-state index >= 15 is 0 Å². The summed E-state index contributed by atoms with van der Waals surface area (Å²) in [5, 5.41) is 18.0. The van der Waals surface area contributed by atoms with Crippen LogP contribution in [0.15, 0.2) is 11.6 Å². The molecule has 0 aromatic heterocycles. The SMILES string of the molecule is C/C(=C\C(=O)O)CN1CC(C)C(O)C1. The molecule has 1 fully saturated rings. The van der Waals surface area contributed by atoms with E-state index in [-0.39, 0.29) is 12.0 Å². The molecule has 0 radical (unpaired) electrons. The van der Waals surface area contributed by atoms with Crippen molar-refractivity contribution in [2.45, 2.75) is 20.0 Å². The van der Waals surface area contributed by atoms with Gasteiger partial charge in [-0.25, -0.2) is 4.79 Å². The van der Waals surface area contributed by atoms with E-state index in [9.17, 15) is 9.90 Å². The van der Waals surface area contributed by atoms with Gasteiger partial charge in [0.15, 0.2) is 0 Å². The van der Waals surface area contributed by atoms with E-state index in [0.29, 0.717) is 13.1 Å². The molecule has 1 saturated heterocycles. The van der Waals surface area contributed by atoms with Crippen molar-refractivity contribution in [1.29, 1.82) is 0 Å². The van der Waals surface area contributed by atoms with E-state index in [2.05, 4.69) is 4.90 Å². The van der Waals surface area contributed by atoms with Crippen LogP contribution in [0.5, 0.6) is 0 Å². The van der Waals surface area contributed by atoms with Crippen molar-refractivity contribution < 1.29 is 15.0 Å². The average molecular weight is 199 g/mol. The number of rotatable bonds is 3. The maximum atomic E-state index is 10.4. The molecule has 0 aromatic carbocycles. The summed E-state index contributed by atoms with van der Waals surface area (Å²) in [6.45, 7) is 5.91. The van der Waals surface area contributed by atoms with Crippen molar-refractivity contribution in [2.24, 2.45) is 5.92 Å². The molecule has 14 heavy (non-hydrogen) atoms. The third-order valence-corrected chi connectivity index (χ3v) is 2.49. The number of carbonyl (C=O) groups is 1. The Morgan fingerprint density at radius 3 is 2.64 bits per heavy atom. The third-order valence-electron chi connectivity index (χ3n) is 2.49. The molecule has 80 valence electrons. The van der Waals surface area contributed by atoms with Gasteiger partial charge in [0.1, 0.15) is 0 Å². The fourth-order valence-electron chi connectivity index (χ4n) is 1.79. The van der Waals surface area contributed by atoms with E-state index in [4.69, 9.17) is 5.11 Å². The number of aliphatic carboxylic acids is 1. The van der Waals surface area contributed by atoms with E-state index in [0.717, 1.165) is 12.1 Å². The zero-order chi connectivity index (χ0) is 10.7. The Hall–Kier alpha value is -0.870. The highest BCUT2D eigenvalue weighted by atomic mass is 16.4. The number of hydrogen-bond donors (Lipinski definition) is 2. The largest absolute Gasteiger partial charge is 0.478 e. The Morgan fingerprint density at radius 1 is 1.57 bits per heavy atom. The molecule has 4 nitrogen and oxygen atoms in total. The summed E-state index contributed by atoms with van der Waals surface area (Å²) < 4.78 is 0. The average Bonchev–Trinajstić information content (AvgIpc) is 2.28. The Balaban J connectivity index is 2.43. The maximum Gasteiger partial charge on any atom is 0.328 e. The third kappa shape index (κ3) is 3.12. The van der Waals surface area contributed by atoms with Gasteiger partial charge in [0.05, 0.1) is 6.10 Å². The molecule has 4 heteroatoms. The number of nitrogens with zero attached hydrogens (tertiary/aromatic N) is 1. The first-order chi connectivity index (χ1) is 6.49. The van der Waals surface area contributed by atoms with Crippen molar-refractivity contribution in [3.8, 4) is 0 Å². The minimum absolute atomic E-state index is 0.271. The molecule has 0 amide bonds. The van der Waals surface area contributed by atoms with Crippen molar-refractivity contribution in [3.63, 3.8) is 0 Å². The Labute approximate surface area is 83.8 Å². The number of likely N-dealkylation sites (tertiary alicyclic amines) is 1. The number of carboxylic acids is 1. The molecule has 1 rings (SSSR count). The van der Waals surface area contributed by atoms with Crippen molar-refractivity contribution in [1.82, 2.24) is 4.90 Å². The van der Waals surface area contributed by atoms with Gasteiger partial charge < -0.3 is 10.2 Å². The molecular formula is C10H17NO3. The molecular weight excluding hydrogens is 182 g/mol. The summed E-state index contributed by atoms with van der Waals surface area (Å²) in [5.41, 5.74) is 0.818. The number of aliphatic hydroxyl groups is 1. The molecule has 2 N–H and O–H groups in total. The lowest BCUT2D eigenvalue weighted by molar-refractivity contribution is -0.131. The van der Waals surface area contributed by atoms with Crippen LogP contribution in [0.25, 0.3) is 0 Å². The van der Waals surface area contributed by atoms with Gasteiger partial charge in [-0.05, 0) is 12.8 Å². The highest BCUT2D eigenvalue weighted by Crippen LogP contribution is 2.16. The second-order valence-corrected chi connectivity index (χ2v) is 4.07. The number of hydrogen-bond acceptors (Lipinski definition) is 3. The summed E-state index contributed by atoms with van der Waals surface area (Å²) in [6, 6.07) is 0. The fraction of sp³-hybridized carbons (Fsp3) is 0.700. The molecule has 0 spiro atoms. The first-order valence-corrected chi connectivity index (χ1v) is 4.79. The summed E-state index contributed by atoms with van der Waals surface area (Å²) >= 11 is 0. The van der Waals surface area contributed by atoms with Crippen molar-refractivity contribution in [3.05, 3.63) is 11.6 Å². The number of carboxylic acid groups (broad SMARTS) is 1. The van der Waals surface area contributed by atoms with Crippen molar-refractivity contribution >= 4 is 5.97 Å². The van der Waals surface area contributed by atoms with E-state index in [1.54, 1.807) is 6.92 Å². The summed E-state index contributed by atoms with van der Waals surface area (Å²) in [6.07, 6.45) is 0.947. The Bertz CT molecular complexity index is 240. The van der Waals surface area contributed by atoms with E-state index < -0.39 is 5.97 Å². The van der Waals surface area contributed by atoms with Gasteiger partial charge in [-0.3, -0.25) is 4.90 Å². The standard InChI is InChI=1S/C10H17NO3/c1-7(3-10(13)14)4-11-5-8(2)9(12)6-11/h3,8-9,12H,4-6H2,1-2H3,(H,13,14)/b7-3+. The predicted molar refractivity (Wildman–Crippen MR) is 53.0 cm³/mol. The Kier molecular flexibility index (Phi) is 3.66. The fourth-order valence-corrected chi connectivity index (χ4v) is 1.79. The zero-order valence-corrected chi connectivity index (χ0v) is 8.60. The summed E-state index contributed by atoms with van der Waals surface area (Å²) in [7, 11) is 0. The van der Waals surface area contributed by atoms with E-state index in [1.807, 2.05) is 6.92 Å². The molecule has 1 heterocycles. The van der Waals surface area contributed by atoms with Crippen LogP contribution in [0.1, 0.15) is 13.8 Å². The summed E-state index contributed by atoms with van der Waals surface area (Å²) in [5.74, 6) is -0.622. The van der Waals surface area contributed by atoms with Crippen LogP contribution in [0, 0.1) is 5.92 Å². The normalized spacial score (nSPS) is 29.5. The number of β-amino-alcohol motifs (C(OH)–C–C–N with tert-alkyl or cyclic N) is 1. The molecule has 1 aliphatic rings. The second-order valence-electron chi connectivity index (χ2n) is 4.07. The van der Waals surface area contributed by atoms with Gasteiger partial charge in [-0.15, -0.1) is 0 Å². The monoisotopic (exact) mass is 199 g/mol. The van der Waals surface area contributed by atoms with Crippen LogP contribution >= 0.6 is 0 Å². The highest BCUT2D eigenvalue weighted by Gasteiger charge is 2.27. The van der Waals surface area contributed by atoms with Crippen LogP contribution in [0.4, 0.5) is 0 Å². The number of aliphatic hydroxyl groups excluding tert-OH is 1. The lowest BCUT2D eigenvalue weighted by atomic mass is 10.1. The molecule has 0 saturated carbocycles. The molecule has 2 unspecified atom stereocenters. The van der Waals surface area contributed by atoms with Gasteiger partial charge in [0, 0.05) is 25.7 Å². The topological polar surface area (TPSA) is 60.8 Å². The van der Waals surface area contributed by atoms with Crippen LogP contribution in [0.2, 0.25) is 0 Å². The Morgan fingerprint density at radius 2 is 2.21 bits per heavy atom. The molecule has 0 bridgehead atoms. The maximum absolute atomic E-state index is 10.4. The minimum atomic E-state index is -0.907.